The molecule has 1 fully saturated rings. The second-order valence-corrected chi connectivity index (χ2v) is 9.45. The third-order valence-corrected chi connectivity index (χ3v) is 6.31. The number of thiocarbonyl (C=S) groups is 1. The molecular formula is C28H40N2O3S. The Labute approximate surface area is 210 Å². The average molecular weight is 485 g/mol. The van der Waals surface area contributed by atoms with Gasteiger partial charge in [0.15, 0.2) is 0 Å². The van der Waals surface area contributed by atoms with Crippen molar-refractivity contribution in [1.82, 2.24) is 0 Å². The summed E-state index contributed by atoms with van der Waals surface area (Å²) in [6, 6.07) is 12.6. The van der Waals surface area contributed by atoms with E-state index in [1.54, 1.807) is 0 Å². The van der Waals surface area contributed by atoms with E-state index in [-0.39, 0.29) is 0 Å². The predicted molar refractivity (Wildman–Crippen MR) is 146 cm³/mol. The Morgan fingerprint density at radius 2 is 1.59 bits per heavy atom. The van der Waals surface area contributed by atoms with Crippen molar-refractivity contribution in [3.05, 3.63) is 47.5 Å². The van der Waals surface area contributed by atoms with E-state index in [2.05, 4.69) is 68.2 Å². The maximum absolute atomic E-state index is 6.19. The average Bonchev–Trinajstić information content (AvgIpc) is 2.85. The van der Waals surface area contributed by atoms with Crippen molar-refractivity contribution in [3.8, 4) is 11.5 Å². The van der Waals surface area contributed by atoms with E-state index in [0.717, 1.165) is 80.3 Å². The van der Waals surface area contributed by atoms with Crippen LogP contribution in [0.1, 0.15) is 70.4 Å². The number of nitrogens with zero attached hydrogens (tertiary/aromatic N) is 1. The molecule has 0 atom stereocenters. The SMILES string of the molecule is CCCCOc1cc(OCCCC)c(C(C)C)cc1C(=S)Nc1ccc(N2CCOCC2)cc1. The van der Waals surface area contributed by atoms with Crippen LogP contribution in [0.15, 0.2) is 36.4 Å². The summed E-state index contributed by atoms with van der Waals surface area (Å²) in [5.74, 6) is 2.00. The van der Waals surface area contributed by atoms with Gasteiger partial charge in [-0.1, -0.05) is 52.8 Å². The van der Waals surface area contributed by atoms with Crippen molar-refractivity contribution in [2.75, 3.05) is 49.7 Å². The van der Waals surface area contributed by atoms with Crippen molar-refractivity contribution in [2.24, 2.45) is 0 Å². The predicted octanol–water partition coefficient (Wildman–Crippen LogP) is 6.79. The highest BCUT2D eigenvalue weighted by molar-refractivity contribution is 7.81. The van der Waals surface area contributed by atoms with Gasteiger partial charge < -0.3 is 24.4 Å². The van der Waals surface area contributed by atoms with Gasteiger partial charge in [-0.15, -0.1) is 0 Å². The van der Waals surface area contributed by atoms with Crippen LogP contribution in [-0.2, 0) is 4.74 Å². The number of unbranched alkanes of at least 4 members (excludes halogenated alkanes) is 2. The molecular weight excluding hydrogens is 444 g/mol. The first-order chi connectivity index (χ1) is 16.5. The largest absolute Gasteiger partial charge is 0.493 e. The summed E-state index contributed by atoms with van der Waals surface area (Å²) in [4.78, 5) is 3.00. The van der Waals surface area contributed by atoms with Gasteiger partial charge in [0.2, 0.25) is 0 Å². The Morgan fingerprint density at radius 3 is 2.18 bits per heavy atom. The number of hydrogen-bond acceptors (Lipinski definition) is 5. The van der Waals surface area contributed by atoms with E-state index < -0.39 is 0 Å². The lowest BCUT2D eigenvalue weighted by Crippen LogP contribution is -2.36. The number of anilines is 2. The topological polar surface area (TPSA) is 43.0 Å². The lowest BCUT2D eigenvalue weighted by atomic mass is 9.98. The summed E-state index contributed by atoms with van der Waals surface area (Å²) in [6.45, 7) is 13.5. The number of hydrogen-bond donors (Lipinski definition) is 1. The quantitative estimate of drug-likeness (QED) is 0.264. The highest BCUT2D eigenvalue weighted by atomic mass is 32.1. The third kappa shape index (κ3) is 7.34. The maximum Gasteiger partial charge on any atom is 0.133 e. The van der Waals surface area contributed by atoms with Gasteiger partial charge in [-0.05, 0) is 54.7 Å². The van der Waals surface area contributed by atoms with Crippen molar-refractivity contribution >= 4 is 28.6 Å². The number of morpholine rings is 1. The minimum absolute atomic E-state index is 0.315. The van der Waals surface area contributed by atoms with Crippen LogP contribution in [-0.4, -0.2) is 44.5 Å². The molecule has 0 amide bonds. The summed E-state index contributed by atoms with van der Waals surface area (Å²) in [6.07, 6.45) is 4.22. The maximum atomic E-state index is 6.19. The van der Waals surface area contributed by atoms with Gasteiger partial charge in [0.25, 0.3) is 0 Å². The molecule has 34 heavy (non-hydrogen) atoms. The smallest absolute Gasteiger partial charge is 0.133 e. The third-order valence-electron chi connectivity index (χ3n) is 5.99. The molecule has 0 aliphatic carbocycles. The highest BCUT2D eigenvalue weighted by Crippen LogP contribution is 2.35. The zero-order valence-electron chi connectivity index (χ0n) is 21.2. The zero-order valence-corrected chi connectivity index (χ0v) is 22.0. The Morgan fingerprint density at radius 1 is 0.971 bits per heavy atom. The van der Waals surface area contributed by atoms with Gasteiger partial charge in [-0.25, -0.2) is 0 Å². The molecule has 3 rings (SSSR count). The first kappa shape index (κ1) is 26.3. The van der Waals surface area contributed by atoms with Crippen LogP contribution in [0.2, 0.25) is 0 Å². The molecule has 1 saturated heterocycles. The fraction of sp³-hybridized carbons (Fsp3) is 0.536. The van der Waals surface area contributed by atoms with Crippen LogP contribution in [0.25, 0.3) is 0 Å². The van der Waals surface area contributed by atoms with Gasteiger partial charge in [0.05, 0.1) is 32.0 Å². The Kier molecular flexibility index (Phi) is 10.5. The molecule has 2 aromatic carbocycles. The molecule has 1 heterocycles. The highest BCUT2D eigenvalue weighted by Gasteiger charge is 2.18. The summed E-state index contributed by atoms with van der Waals surface area (Å²) >= 11 is 5.86. The van der Waals surface area contributed by atoms with Crippen LogP contribution in [0.4, 0.5) is 11.4 Å². The minimum Gasteiger partial charge on any atom is -0.493 e. The molecule has 0 aromatic heterocycles. The van der Waals surface area contributed by atoms with Crippen LogP contribution in [0, 0.1) is 0 Å². The molecule has 0 radical (unpaired) electrons. The van der Waals surface area contributed by atoms with E-state index in [1.807, 2.05) is 6.07 Å². The van der Waals surface area contributed by atoms with E-state index in [1.165, 1.54) is 5.69 Å². The molecule has 1 aliphatic heterocycles. The minimum atomic E-state index is 0.315. The van der Waals surface area contributed by atoms with Gasteiger partial charge >= 0.3 is 0 Å². The first-order valence-electron chi connectivity index (χ1n) is 12.7. The van der Waals surface area contributed by atoms with Gasteiger partial charge in [-0.3, -0.25) is 0 Å². The van der Waals surface area contributed by atoms with Gasteiger partial charge in [0.1, 0.15) is 16.5 Å². The van der Waals surface area contributed by atoms with Crippen LogP contribution < -0.4 is 19.7 Å². The number of benzene rings is 2. The summed E-state index contributed by atoms with van der Waals surface area (Å²) < 4.78 is 17.8. The molecule has 1 N–H and O–H groups in total. The lowest BCUT2D eigenvalue weighted by molar-refractivity contribution is 0.122. The number of ether oxygens (including phenoxy) is 3. The van der Waals surface area contributed by atoms with Gasteiger partial charge in [0, 0.05) is 30.5 Å². The van der Waals surface area contributed by atoms with Crippen molar-refractivity contribution < 1.29 is 14.2 Å². The Balaban J connectivity index is 1.81. The second-order valence-electron chi connectivity index (χ2n) is 9.05. The summed E-state index contributed by atoms with van der Waals surface area (Å²) in [5.41, 5.74) is 4.24. The van der Waals surface area contributed by atoms with Crippen molar-refractivity contribution in [3.63, 3.8) is 0 Å². The molecule has 0 spiro atoms. The summed E-state index contributed by atoms with van der Waals surface area (Å²) in [5, 5.41) is 3.42. The van der Waals surface area contributed by atoms with Crippen LogP contribution in [0.5, 0.6) is 11.5 Å². The standard InChI is InChI=1S/C28H40N2O3S/c1-5-7-15-32-26-20-27(33-16-8-6-2)25(19-24(26)21(3)4)28(34)29-22-9-11-23(12-10-22)30-13-17-31-18-14-30/h9-12,19-21H,5-8,13-18H2,1-4H3,(H,29,34). The molecule has 0 unspecified atom stereocenters. The Bertz CT molecular complexity index is 909. The van der Waals surface area contributed by atoms with E-state index >= 15 is 0 Å². The molecule has 1 aliphatic rings. The monoisotopic (exact) mass is 484 g/mol. The molecule has 2 aromatic rings. The van der Waals surface area contributed by atoms with Crippen LogP contribution >= 0.6 is 12.2 Å². The fourth-order valence-corrected chi connectivity index (χ4v) is 4.16. The van der Waals surface area contributed by atoms with Crippen molar-refractivity contribution in [1.29, 1.82) is 0 Å². The van der Waals surface area contributed by atoms with E-state index in [9.17, 15) is 0 Å². The fourth-order valence-electron chi connectivity index (χ4n) is 3.88. The number of rotatable bonds is 12. The van der Waals surface area contributed by atoms with Gasteiger partial charge in [-0.2, -0.15) is 0 Å². The summed E-state index contributed by atoms with van der Waals surface area (Å²) in [7, 11) is 0. The first-order valence-corrected chi connectivity index (χ1v) is 13.1. The zero-order chi connectivity index (χ0) is 24.3. The molecule has 6 heteroatoms. The second kappa shape index (κ2) is 13.5. The normalized spacial score (nSPS) is 13.7. The molecule has 5 nitrogen and oxygen atoms in total. The lowest BCUT2D eigenvalue weighted by Gasteiger charge is -2.29. The Hall–Kier alpha value is -2.31. The number of nitrogens with one attached hydrogen (secondary N) is 1. The van der Waals surface area contributed by atoms with E-state index in [4.69, 9.17) is 26.4 Å². The van der Waals surface area contributed by atoms with Crippen LogP contribution in [0.3, 0.4) is 0 Å². The molecule has 0 saturated carbocycles. The van der Waals surface area contributed by atoms with E-state index in [0.29, 0.717) is 24.1 Å². The molecule has 186 valence electrons. The van der Waals surface area contributed by atoms with Crippen molar-refractivity contribution in [2.45, 2.75) is 59.3 Å². The molecule has 0 bridgehead atoms.